The van der Waals surface area contributed by atoms with Gasteiger partial charge in [-0.05, 0) is 40.8 Å². The van der Waals surface area contributed by atoms with Crippen LogP contribution < -0.4 is 5.56 Å². The second-order valence-electron chi connectivity index (χ2n) is 4.20. The highest BCUT2D eigenvalue weighted by molar-refractivity contribution is 5.82. The lowest BCUT2D eigenvalue weighted by atomic mass is 10.2. The molecule has 3 heterocycles. The van der Waals surface area contributed by atoms with Gasteiger partial charge in [-0.15, -0.1) is 5.10 Å². The first-order valence-electron chi connectivity index (χ1n) is 5.70. The summed E-state index contributed by atoms with van der Waals surface area (Å²) in [5.41, 5.74) is 2.99. The van der Waals surface area contributed by atoms with Crippen molar-refractivity contribution in [2.45, 2.75) is 0 Å². The van der Waals surface area contributed by atoms with Gasteiger partial charge in [-0.3, -0.25) is 4.79 Å². The predicted molar refractivity (Wildman–Crippen MR) is 68.7 cm³/mol. The van der Waals surface area contributed by atoms with E-state index in [1.807, 2.05) is 34.9 Å². The molecule has 0 spiro atoms. The minimum atomic E-state index is -0.120. The molecule has 4 rings (SSSR count). The van der Waals surface area contributed by atoms with Crippen LogP contribution in [-0.4, -0.2) is 30.0 Å². The Bertz CT molecular complexity index is 934. The fourth-order valence-electron chi connectivity index (χ4n) is 2.24. The van der Waals surface area contributed by atoms with E-state index in [1.54, 1.807) is 6.07 Å². The fourth-order valence-corrected chi connectivity index (χ4v) is 2.24. The van der Waals surface area contributed by atoms with Crippen molar-refractivity contribution < 1.29 is 0 Å². The molecule has 0 saturated heterocycles. The Balaban J connectivity index is 2.09. The zero-order valence-electron chi connectivity index (χ0n) is 9.66. The van der Waals surface area contributed by atoms with Crippen LogP contribution in [0.1, 0.15) is 0 Å². The van der Waals surface area contributed by atoms with E-state index in [0.29, 0.717) is 11.3 Å². The molecule has 0 atom stereocenters. The number of nitrogens with one attached hydrogen (secondary N) is 2. The van der Waals surface area contributed by atoms with Gasteiger partial charge in [0.2, 0.25) is 0 Å². The zero-order chi connectivity index (χ0) is 12.8. The smallest absolute Gasteiger partial charge is 0.272 e. The van der Waals surface area contributed by atoms with Gasteiger partial charge in [0.1, 0.15) is 5.52 Å². The minimum Gasteiger partial charge on any atom is -0.319 e. The maximum atomic E-state index is 11.9. The molecule has 0 aliphatic heterocycles. The molecule has 0 saturated carbocycles. The van der Waals surface area contributed by atoms with Crippen molar-refractivity contribution in [3.05, 3.63) is 46.9 Å². The quantitative estimate of drug-likeness (QED) is 0.527. The number of tetrazole rings is 1. The highest BCUT2D eigenvalue weighted by Crippen LogP contribution is 2.19. The second kappa shape index (κ2) is 3.52. The Morgan fingerprint density at radius 3 is 2.95 bits per heavy atom. The van der Waals surface area contributed by atoms with Gasteiger partial charge in [0, 0.05) is 11.8 Å². The highest BCUT2D eigenvalue weighted by atomic mass is 16.1. The van der Waals surface area contributed by atoms with E-state index in [1.165, 1.54) is 0 Å². The molecule has 0 amide bonds. The van der Waals surface area contributed by atoms with Crippen LogP contribution in [0.3, 0.4) is 0 Å². The Labute approximate surface area is 105 Å². The van der Waals surface area contributed by atoms with Crippen LogP contribution in [0.5, 0.6) is 0 Å². The van der Waals surface area contributed by atoms with Crippen LogP contribution in [0.4, 0.5) is 0 Å². The van der Waals surface area contributed by atoms with E-state index >= 15 is 0 Å². The molecular formula is C12H8N6O. The Hall–Kier alpha value is -2.96. The molecule has 4 aromatic rings. The summed E-state index contributed by atoms with van der Waals surface area (Å²) in [5, 5.41) is 13.6. The molecular weight excluding hydrogens is 244 g/mol. The molecule has 0 fully saturated rings. The SMILES string of the molecule is O=c1[nH]c2cc(-c3nnn[nH]3)ccc2n2cccc12. The van der Waals surface area contributed by atoms with Gasteiger partial charge in [0.25, 0.3) is 5.56 Å². The van der Waals surface area contributed by atoms with Crippen molar-refractivity contribution in [3.63, 3.8) is 0 Å². The molecule has 0 unspecified atom stereocenters. The molecule has 0 aliphatic rings. The number of nitrogens with zero attached hydrogens (tertiary/aromatic N) is 4. The maximum Gasteiger partial charge on any atom is 0.272 e. The highest BCUT2D eigenvalue weighted by Gasteiger charge is 2.07. The van der Waals surface area contributed by atoms with Crippen LogP contribution in [-0.2, 0) is 0 Å². The Morgan fingerprint density at radius 1 is 1.16 bits per heavy atom. The van der Waals surface area contributed by atoms with Crippen molar-refractivity contribution in [2.75, 3.05) is 0 Å². The van der Waals surface area contributed by atoms with Crippen molar-refractivity contribution >= 4 is 16.6 Å². The van der Waals surface area contributed by atoms with Crippen molar-refractivity contribution in [2.24, 2.45) is 0 Å². The van der Waals surface area contributed by atoms with Gasteiger partial charge in [-0.25, -0.2) is 5.10 Å². The van der Waals surface area contributed by atoms with Gasteiger partial charge >= 0.3 is 0 Å². The van der Waals surface area contributed by atoms with Crippen molar-refractivity contribution in [1.29, 1.82) is 0 Å². The molecule has 1 aromatic carbocycles. The van der Waals surface area contributed by atoms with Crippen LogP contribution in [0.15, 0.2) is 41.3 Å². The first-order chi connectivity index (χ1) is 9.33. The maximum absolute atomic E-state index is 11.9. The number of aromatic nitrogens is 6. The van der Waals surface area contributed by atoms with Crippen molar-refractivity contribution in [1.82, 2.24) is 30.0 Å². The average molecular weight is 252 g/mol. The lowest BCUT2D eigenvalue weighted by Gasteiger charge is -2.04. The Morgan fingerprint density at radius 2 is 2.11 bits per heavy atom. The Kier molecular flexibility index (Phi) is 1.85. The predicted octanol–water partition coefficient (Wildman–Crippen LogP) is 0.961. The summed E-state index contributed by atoms with van der Waals surface area (Å²) in [6.45, 7) is 0. The summed E-state index contributed by atoms with van der Waals surface area (Å²) < 4.78 is 1.86. The largest absolute Gasteiger partial charge is 0.319 e. The van der Waals surface area contributed by atoms with E-state index in [9.17, 15) is 4.79 Å². The third-order valence-electron chi connectivity index (χ3n) is 3.10. The first kappa shape index (κ1) is 10.0. The minimum absolute atomic E-state index is 0.120. The molecule has 0 bridgehead atoms. The standard InChI is InChI=1S/C12H8N6O/c19-12-10-2-1-5-18(10)9-4-3-7(6-8(9)13-12)11-14-16-17-15-11/h1-6H,(H,13,19)(H,14,15,16,17). The lowest BCUT2D eigenvalue weighted by molar-refractivity contribution is 0.881. The topological polar surface area (TPSA) is 91.7 Å². The molecule has 3 aromatic heterocycles. The lowest BCUT2D eigenvalue weighted by Crippen LogP contribution is -2.09. The number of benzene rings is 1. The van der Waals surface area contributed by atoms with E-state index in [-0.39, 0.29) is 5.56 Å². The van der Waals surface area contributed by atoms with E-state index in [0.717, 1.165) is 16.6 Å². The summed E-state index contributed by atoms with van der Waals surface area (Å²) in [7, 11) is 0. The zero-order valence-corrected chi connectivity index (χ0v) is 9.66. The molecule has 92 valence electrons. The molecule has 7 heteroatoms. The van der Waals surface area contributed by atoms with Gasteiger partial charge in [-0.1, -0.05) is 0 Å². The summed E-state index contributed by atoms with van der Waals surface area (Å²) in [6, 6.07) is 9.31. The molecule has 2 N–H and O–H groups in total. The summed E-state index contributed by atoms with van der Waals surface area (Å²) in [4.78, 5) is 14.8. The summed E-state index contributed by atoms with van der Waals surface area (Å²) in [5.74, 6) is 0.565. The van der Waals surface area contributed by atoms with Gasteiger partial charge < -0.3 is 9.38 Å². The number of fused-ring (bicyclic) bond motifs is 3. The number of aromatic amines is 2. The van der Waals surface area contributed by atoms with E-state index < -0.39 is 0 Å². The second-order valence-corrected chi connectivity index (χ2v) is 4.20. The van der Waals surface area contributed by atoms with Crippen LogP contribution in [0.2, 0.25) is 0 Å². The number of H-pyrrole nitrogens is 2. The van der Waals surface area contributed by atoms with E-state index in [4.69, 9.17) is 0 Å². The van der Waals surface area contributed by atoms with Crippen LogP contribution in [0, 0.1) is 0 Å². The van der Waals surface area contributed by atoms with E-state index in [2.05, 4.69) is 25.6 Å². The van der Waals surface area contributed by atoms with Crippen molar-refractivity contribution in [3.8, 4) is 11.4 Å². The number of rotatable bonds is 1. The van der Waals surface area contributed by atoms with Gasteiger partial charge in [0.05, 0.1) is 11.0 Å². The monoisotopic (exact) mass is 252 g/mol. The van der Waals surface area contributed by atoms with Gasteiger partial charge in [0.15, 0.2) is 5.82 Å². The first-order valence-corrected chi connectivity index (χ1v) is 5.70. The summed E-state index contributed by atoms with van der Waals surface area (Å²) in [6.07, 6.45) is 1.86. The van der Waals surface area contributed by atoms with Crippen LogP contribution >= 0.6 is 0 Å². The molecule has 0 radical (unpaired) electrons. The van der Waals surface area contributed by atoms with Crippen LogP contribution in [0.25, 0.3) is 27.9 Å². The molecule has 7 nitrogen and oxygen atoms in total. The average Bonchev–Trinajstić information content (AvgIpc) is 3.10. The fraction of sp³-hybridized carbons (Fsp3) is 0. The molecule has 19 heavy (non-hydrogen) atoms. The third-order valence-corrected chi connectivity index (χ3v) is 3.10. The third kappa shape index (κ3) is 1.38. The summed E-state index contributed by atoms with van der Waals surface area (Å²) >= 11 is 0. The molecule has 0 aliphatic carbocycles. The van der Waals surface area contributed by atoms with Gasteiger partial charge in [-0.2, -0.15) is 0 Å². The normalized spacial score (nSPS) is 11.4. The number of hydrogen-bond acceptors (Lipinski definition) is 4. The number of hydrogen-bond donors (Lipinski definition) is 2.